The van der Waals surface area contributed by atoms with Crippen LogP contribution >= 0.6 is 0 Å². The lowest BCUT2D eigenvalue weighted by Gasteiger charge is -2.43. The zero-order chi connectivity index (χ0) is 184. The standard InChI is InChI=1S/3C20H29NO3.3C19H27NO3/c3*1-5-13(2)8-15-12-21-7-6-14-9-19(23-3)20(24-4)10-16(14)17(21)11-18(15)22;3*1-12(2)7-14-11-20-6-5-13-8-18(22-3)19(23-4)9-15(13)16(20)10-17(14)21/h3*9-10,13,15,17H,5-8,11-12H2,1-4H3;3*8-9,12,14,16H,5-7,10-11H2,1-4H3/i2D3,4D3,5D2,6D2,7D2,8D2,9D,10D,11D2,12D2,13D,15D,17D;2D3,4D3,5D2,6D2,7D2,8D2,9D,10D,11D2,13D,15D,17D;2D3,4D3,5D2,6D2,7D2,8D2,9D,10D,12D2,13D,17D;4D3,5D2,6D2,8D,9D,10D2,11D2,14D,16D;4D3,5D2,6D2,8D,9D,11D2,16D;3D3. The highest BCUT2D eigenvalue weighted by atomic mass is 16.5. The summed E-state index contributed by atoms with van der Waals surface area (Å²) in [6, 6.07) is -25.3. The van der Waals surface area contributed by atoms with Gasteiger partial charge in [0, 0.05) is 272 Å². The second-order valence-electron chi connectivity index (χ2n) is 32.9. The van der Waals surface area contributed by atoms with Crippen molar-refractivity contribution in [3.63, 3.8) is 0 Å². The Labute approximate surface area is 974 Å². The fraction of sp³-hybridized carbons (Fsp3) is 0.641. The zero-order valence-electron chi connectivity index (χ0n) is 173. The first kappa shape index (κ1) is 39.8. The van der Waals surface area contributed by atoms with Gasteiger partial charge in [-0.2, -0.15) is 0 Å². The van der Waals surface area contributed by atoms with E-state index >= 15 is 0 Å². The van der Waals surface area contributed by atoms with E-state index in [0.29, 0.717) is 49.5 Å². The van der Waals surface area contributed by atoms with E-state index in [1.165, 1.54) is 21.0 Å². The third-order valence-corrected chi connectivity index (χ3v) is 22.4. The Kier molecular flexibility index (Phi) is 14.1. The van der Waals surface area contributed by atoms with Crippen LogP contribution in [0.1, 0.15) is 410 Å². The summed E-state index contributed by atoms with van der Waals surface area (Å²) in [6.07, 6.45) is -53.7. The Balaban J connectivity index is 0.000000224. The van der Waals surface area contributed by atoms with Gasteiger partial charge in [0.25, 0.3) is 0 Å². The summed E-state index contributed by atoms with van der Waals surface area (Å²) < 4.78 is 843. The maximum atomic E-state index is 14.2. The Bertz CT molecular complexity index is 9980. The van der Waals surface area contributed by atoms with Crippen molar-refractivity contribution in [3.05, 3.63) is 139 Å². The first-order chi connectivity index (χ1) is 104. The molecule has 15 atom stereocenters. The minimum absolute atomic E-state index is 0.0117. The molecule has 12 aliphatic rings. The number of ketones is 6. The Morgan fingerprint density at radius 1 is 0.340 bits per heavy atom. The molecule has 0 N–H and O–H groups in total. The number of hydrogen-bond acceptors (Lipinski definition) is 24. The van der Waals surface area contributed by atoms with Crippen molar-refractivity contribution >= 4 is 34.7 Å². The monoisotopic (exact) mass is 2040 g/mol. The predicted octanol–water partition coefficient (Wildman–Crippen LogP) is 20.6. The predicted molar refractivity (Wildman–Crippen MR) is 555 cm³/mol. The number of piperidine rings is 6. The number of Topliss-reactive ketones (excluding diaryl/α,β-unsaturated/α-hetero) is 6. The largest absolute Gasteiger partial charge is 0.493 e. The van der Waals surface area contributed by atoms with Crippen molar-refractivity contribution in [2.24, 2.45) is 70.9 Å². The molecule has 15 unspecified atom stereocenters. The van der Waals surface area contributed by atoms with Crippen LogP contribution < -0.4 is 56.8 Å². The molecular weight excluding hydrogens is 1780 g/mol. The van der Waals surface area contributed by atoms with Gasteiger partial charge in [-0.15, -0.1) is 0 Å². The van der Waals surface area contributed by atoms with Gasteiger partial charge in [0.05, 0.1) is 130 Å². The van der Waals surface area contributed by atoms with Crippen LogP contribution in [0.3, 0.4) is 0 Å². The van der Waals surface area contributed by atoms with E-state index in [1.807, 2.05) is 6.07 Å². The average Bonchev–Trinajstić information content (AvgIpc) is 0.636. The molecule has 6 saturated heterocycles. The summed E-state index contributed by atoms with van der Waals surface area (Å²) in [7, 11) is -13.0. The average molecular weight is 2040 g/mol. The molecule has 0 bridgehead atoms. The van der Waals surface area contributed by atoms with Crippen molar-refractivity contribution in [1.82, 2.24) is 29.4 Å². The second kappa shape index (κ2) is 50.0. The van der Waals surface area contributed by atoms with Gasteiger partial charge in [-0.25, -0.2) is 0 Å². The molecule has 12 aliphatic heterocycles. The Morgan fingerprint density at radius 2 is 0.667 bits per heavy atom. The SMILES string of the molecule is [2H]C([2H])([2H])Oc1cc2c(cc1OC)C1CC(=O)C(CC(C)C)CN1CC2.[2H]c1c(OC([2H])([2H])[2H])c(OC)c([2H])c2c1C1([2H])CC(=O)C(C([2H])([2H])C([2H])(C([2H])([2H])[2H])C([2H])([2H])C)C([2H])([2H])N1C([2H])([2H])C2([2H])[2H].[2H]c1c(OC([2H])([2H])[2H])c(OC)c([2H])c2c1C1([2H])CC(=O)C(CC(C)C)C([2H])([2H])N1C([2H])([2H])C2([2H])[2H].[2H]c1c(OC)c(OC([2H])([2H])[2H])c([2H])c2c1C([2H])([2H])C([2H])([2H])N1C([2H])([2H])C([2H])(C([2H])([2H])C([2H])(C([2H])([2H])[2H])C([2H])([2H])C)C(=O)C([2H])([2H])C21[2H].[2H]c1c(OC)c(OC([2H])([2H])[2H])c([2H])c2c1C([2H])([2H])C([2H])([2H])N1C([2H])([2H])C([2H])(CC(C)C)C(=O)C([2H])([2H])C21[2H].[2H]c1c(OC)c(OC([2H])([2H])[2H])c([2H])c2c1C([2H])([2H])C([2H])([2H])N1CC([2H])(C([2H])([2H])C([2H])(C([2H])([2H])[2H])C([2H])([2H])C)C(=O)C([2H])([2H])C21[2H]. The van der Waals surface area contributed by atoms with Crippen molar-refractivity contribution in [2.75, 3.05) is 163 Å². The third-order valence-electron chi connectivity index (χ3n) is 22.4. The van der Waals surface area contributed by atoms with Crippen molar-refractivity contribution in [3.8, 4) is 69.0 Å². The van der Waals surface area contributed by atoms with Crippen LogP contribution in [0.5, 0.6) is 69.0 Å². The maximum absolute atomic E-state index is 14.2. The molecule has 18 rings (SSSR count). The van der Waals surface area contributed by atoms with Gasteiger partial charge in [-0.1, -0.05) is 102 Å². The first-order valence-corrected chi connectivity index (χ1v) is 43.3. The van der Waals surface area contributed by atoms with Crippen LogP contribution in [0.25, 0.3) is 0 Å². The molecule has 774 valence electrons. The number of fused-ring (bicyclic) bond motifs is 18. The van der Waals surface area contributed by atoms with Crippen LogP contribution in [-0.2, 0) is 67.1 Å². The van der Waals surface area contributed by atoms with Crippen LogP contribution in [0.4, 0.5) is 0 Å². The number of nitrogens with zero attached hydrogens (tertiary/aromatic N) is 6. The minimum atomic E-state index is -4.70. The molecule has 24 nitrogen and oxygen atoms in total. The van der Waals surface area contributed by atoms with E-state index in [1.54, 1.807) is 19.9 Å². The molecule has 0 aromatic heterocycles. The van der Waals surface area contributed by atoms with Crippen LogP contribution in [-0.4, -0.2) is 227 Å². The van der Waals surface area contributed by atoms with E-state index in [-0.39, 0.29) is 44.7 Å². The van der Waals surface area contributed by atoms with E-state index in [0.717, 1.165) is 72.6 Å². The molecule has 141 heavy (non-hydrogen) atoms. The van der Waals surface area contributed by atoms with Gasteiger partial charge >= 0.3 is 0 Å². The molecule has 0 saturated carbocycles. The number of methoxy groups -OCH3 is 12. The van der Waals surface area contributed by atoms with Crippen LogP contribution in [0.15, 0.2) is 72.6 Å². The van der Waals surface area contributed by atoms with E-state index < -0.39 is 527 Å². The molecule has 0 radical (unpaired) electrons. The highest BCUT2D eigenvalue weighted by Crippen LogP contribution is 2.51. The number of hydrogen-bond donors (Lipinski definition) is 0. The molecule has 12 heterocycles. The zero-order valence-corrected chi connectivity index (χ0v) is 78.8. The summed E-state index contributed by atoms with van der Waals surface area (Å²) >= 11 is 0. The van der Waals surface area contributed by atoms with Gasteiger partial charge in [0.2, 0.25) is 0 Å². The van der Waals surface area contributed by atoms with Crippen LogP contribution in [0, 0.1) is 70.9 Å². The highest BCUT2D eigenvalue weighted by molar-refractivity contribution is 5.86. The molecule has 0 amide bonds. The number of rotatable bonds is 27. The van der Waals surface area contributed by atoms with Gasteiger partial charge in [-0.05, 0) is 251 Å². The van der Waals surface area contributed by atoms with Gasteiger partial charge in [-0.3, -0.25) is 58.2 Å². The molecule has 6 aromatic carbocycles. The van der Waals surface area contributed by atoms with Crippen molar-refractivity contribution in [2.45, 2.75) is 253 Å². The maximum Gasteiger partial charge on any atom is 0.161 e. The molecule has 0 spiro atoms. The first-order valence-electron chi connectivity index (χ1n) is 90.3. The normalized spacial score (nSPS) is 46.7. The lowest BCUT2D eigenvalue weighted by atomic mass is 9.79. The van der Waals surface area contributed by atoms with Crippen molar-refractivity contribution < 1.29 is 214 Å². The van der Waals surface area contributed by atoms with Gasteiger partial charge in [0.1, 0.15) is 34.7 Å². The summed E-state index contributed by atoms with van der Waals surface area (Å²) in [5.41, 5.74) is -9.32. The molecule has 24 heteroatoms. The number of carbonyl (C=O) groups is 6. The molecular formula is C117H168N6O18. The summed E-state index contributed by atoms with van der Waals surface area (Å²) in [5.74, 6) is -46.1. The van der Waals surface area contributed by atoms with Crippen LogP contribution in [0.2, 0.25) is 0 Å². The number of carbonyl (C=O) groups excluding carboxylic acids is 6. The minimum Gasteiger partial charge on any atom is -0.493 e. The molecule has 0 aliphatic carbocycles. The van der Waals surface area contributed by atoms with E-state index in [4.69, 9.17) is 180 Å². The summed E-state index contributed by atoms with van der Waals surface area (Å²) in [6.45, 7) is -33.6. The Morgan fingerprint density at radius 3 is 1.07 bits per heavy atom. The topological polar surface area (TPSA) is 233 Å². The smallest absolute Gasteiger partial charge is 0.161 e. The third kappa shape index (κ3) is 25.6. The van der Waals surface area contributed by atoms with Gasteiger partial charge in [0.15, 0.2) is 69.0 Å². The lowest BCUT2D eigenvalue weighted by Crippen LogP contribution is -2.46. The number of benzene rings is 6. The Hall–Kier alpha value is -9.30. The lowest BCUT2D eigenvalue weighted by molar-refractivity contribution is -0.130. The van der Waals surface area contributed by atoms with E-state index in [9.17, 15) is 34.3 Å². The van der Waals surface area contributed by atoms with Gasteiger partial charge < -0.3 is 56.8 Å². The summed E-state index contributed by atoms with van der Waals surface area (Å²) in [5, 5.41) is 0. The van der Waals surface area contributed by atoms with E-state index in [2.05, 4.69) is 18.7 Å². The quantitative estimate of drug-likeness (QED) is 0.0466. The molecule has 6 fully saturated rings. The molecule has 6 aromatic rings. The summed E-state index contributed by atoms with van der Waals surface area (Å²) in [4.78, 5) is 82.6. The fourth-order valence-corrected chi connectivity index (χ4v) is 15.7. The fourth-order valence-electron chi connectivity index (χ4n) is 15.7. The number of ether oxygens (including phenoxy) is 12. The van der Waals surface area contributed by atoms with Crippen molar-refractivity contribution in [1.29, 1.82) is 0 Å². The second-order valence-corrected chi connectivity index (χ2v) is 32.9. The highest BCUT2D eigenvalue weighted by Gasteiger charge is 2.47.